The molecule has 1 heterocycles. The fraction of sp³-hybridized carbons (Fsp3) is 0.136. The number of nitrogens with zero attached hydrogens (tertiary/aromatic N) is 1. The molecule has 0 aliphatic carbocycles. The highest BCUT2D eigenvalue weighted by Crippen LogP contribution is 2.38. The molecule has 0 amide bonds. The number of benzene rings is 3. The fourth-order valence-electron chi connectivity index (χ4n) is 3.32. The van der Waals surface area contributed by atoms with E-state index < -0.39 is 11.5 Å². The zero-order chi connectivity index (χ0) is 20.4. The molecule has 1 aliphatic rings. The van der Waals surface area contributed by atoms with Gasteiger partial charge in [-0.25, -0.2) is 9.38 Å². The van der Waals surface area contributed by atoms with Gasteiger partial charge in [0, 0.05) is 29.0 Å². The minimum Gasteiger partial charge on any atom is -0.497 e. The van der Waals surface area contributed by atoms with Gasteiger partial charge in [-0.15, -0.1) is 0 Å². The lowest BCUT2D eigenvalue weighted by molar-refractivity contribution is 0.414. The van der Waals surface area contributed by atoms with Crippen molar-refractivity contribution >= 4 is 29.3 Å². The minimum atomic E-state index is -1.18. The number of rotatable bonds is 5. The second-order valence-corrected chi connectivity index (χ2v) is 7.17. The van der Waals surface area contributed by atoms with E-state index in [1.807, 2.05) is 42.5 Å². The van der Waals surface area contributed by atoms with E-state index in [4.69, 9.17) is 22.1 Å². The van der Waals surface area contributed by atoms with Crippen LogP contribution in [0.5, 0.6) is 5.75 Å². The summed E-state index contributed by atoms with van der Waals surface area (Å²) in [4.78, 5) is 4.44. The molecule has 148 valence electrons. The molecule has 29 heavy (non-hydrogen) atoms. The van der Waals surface area contributed by atoms with Gasteiger partial charge in [-0.3, -0.25) is 5.73 Å². The number of hydrogen-bond acceptors (Lipinski definition) is 5. The smallest absolute Gasteiger partial charge is 0.163 e. The maximum atomic E-state index is 13.6. The molecule has 5 nitrogen and oxygen atoms in total. The molecule has 7 heteroatoms. The number of aliphatic imine (C=N–C) groups is 1. The number of nitrogens with two attached hydrogens (primary N) is 1. The number of nitrogens with one attached hydrogen (secondary N) is 2. The zero-order valence-corrected chi connectivity index (χ0v) is 16.5. The van der Waals surface area contributed by atoms with Gasteiger partial charge >= 0.3 is 0 Å². The van der Waals surface area contributed by atoms with Crippen LogP contribution in [-0.4, -0.2) is 13.4 Å². The Kier molecular flexibility index (Phi) is 5.13. The second-order valence-electron chi connectivity index (χ2n) is 6.76. The van der Waals surface area contributed by atoms with Gasteiger partial charge in [0.05, 0.1) is 18.5 Å². The monoisotopic (exact) mass is 410 g/mol. The average Bonchev–Trinajstić information content (AvgIpc) is 2.74. The third-order valence-corrected chi connectivity index (χ3v) is 5.20. The standard InChI is InChI=1S/C22H20ClFN4O/c1-29-17-4-2-3-14(9-17)12-26-16-6-8-21-18(11-16)22(25,28-13-27-21)15-5-7-20(24)19(23)10-15/h2-11,13,26H,12,25H2,1H3,(H,27,28). The van der Waals surface area contributed by atoms with Crippen LogP contribution in [0.2, 0.25) is 5.02 Å². The van der Waals surface area contributed by atoms with E-state index in [9.17, 15) is 4.39 Å². The van der Waals surface area contributed by atoms with E-state index in [1.54, 1.807) is 19.5 Å². The number of fused-ring (bicyclic) bond motifs is 1. The number of hydrogen-bond donors (Lipinski definition) is 3. The van der Waals surface area contributed by atoms with E-state index in [2.05, 4.69) is 15.6 Å². The lowest BCUT2D eigenvalue weighted by Crippen LogP contribution is -2.39. The molecular formula is C22H20ClFN4O. The summed E-state index contributed by atoms with van der Waals surface area (Å²) in [6.45, 7) is 0.618. The van der Waals surface area contributed by atoms with Gasteiger partial charge < -0.3 is 15.4 Å². The van der Waals surface area contributed by atoms with E-state index in [0.717, 1.165) is 28.3 Å². The zero-order valence-electron chi connectivity index (χ0n) is 15.7. The van der Waals surface area contributed by atoms with Crippen LogP contribution in [0, 0.1) is 5.82 Å². The molecule has 0 bridgehead atoms. The van der Waals surface area contributed by atoms with Crippen LogP contribution in [-0.2, 0) is 12.2 Å². The second kappa shape index (κ2) is 7.73. The summed E-state index contributed by atoms with van der Waals surface area (Å²) in [5, 5.41) is 6.51. The van der Waals surface area contributed by atoms with E-state index in [-0.39, 0.29) is 5.02 Å². The first-order chi connectivity index (χ1) is 14.0. The molecule has 1 aliphatic heterocycles. The minimum absolute atomic E-state index is 0.00918. The van der Waals surface area contributed by atoms with Crippen LogP contribution < -0.4 is 21.1 Å². The first-order valence-electron chi connectivity index (χ1n) is 9.05. The summed E-state index contributed by atoms with van der Waals surface area (Å²) in [6.07, 6.45) is 1.54. The lowest BCUT2D eigenvalue weighted by Gasteiger charge is -2.32. The van der Waals surface area contributed by atoms with Gasteiger partial charge in [0.15, 0.2) is 5.66 Å². The highest BCUT2D eigenvalue weighted by Gasteiger charge is 2.34. The molecule has 3 aromatic carbocycles. The maximum Gasteiger partial charge on any atom is 0.163 e. The van der Waals surface area contributed by atoms with Gasteiger partial charge in [-0.2, -0.15) is 0 Å². The molecule has 0 fully saturated rings. The Labute approximate surface area is 173 Å². The molecular weight excluding hydrogens is 391 g/mol. The Morgan fingerprint density at radius 3 is 2.83 bits per heavy atom. The van der Waals surface area contributed by atoms with Crippen molar-refractivity contribution in [3.05, 3.63) is 88.2 Å². The van der Waals surface area contributed by atoms with Gasteiger partial charge in [0.2, 0.25) is 0 Å². The first-order valence-corrected chi connectivity index (χ1v) is 9.43. The summed E-state index contributed by atoms with van der Waals surface area (Å²) in [6, 6.07) is 18.1. The van der Waals surface area contributed by atoms with Crippen LogP contribution in [0.4, 0.5) is 15.8 Å². The number of methoxy groups -OCH3 is 1. The third kappa shape index (κ3) is 3.77. The Morgan fingerprint density at radius 2 is 2.03 bits per heavy atom. The van der Waals surface area contributed by atoms with Crippen molar-refractivity contribution in [1.29, 1.82) is 0 Å². The predicted octanol–water partition coefficient (Wildman–Crippen LogP) is 4.71. The van der Waals surface area contributed by atoms with Gasteiger partial charge in [-0.05, 0) is 48.0 Å². The molecule has 0 saturated carbocycles. The first kappa shape index (κ1) is 19.2. The van der Waals surface area contributed by atoms with E-state index in [1.165, 1.54) is 12.1 Å². The maximum absolute atomic E-state index is 13.6. The van der Waals surface area contributed by atoms with Crippen LogP contribution in [0.1, 0.15) is 16.7 Å². The van der Waals surface area contributed by atoms with Crippen LogP contribution in [0.3, 0.4) is 0 Å². The Bertz CT molecular complexity index is 1090. The average molecular weight is 411 g/mol. The third-order valence-electron chi connectivity index (χ3n) is 4.91. The normalized spacial score (nSPS) is 17.4. The highest BCUT2D eigenvalue weighted by molar-refractivity contribution is 6.30. The number of anilines is 2. The molecule has 0 aromatic heterocycles. The topological polar surface area (TPSA) is 71.7 Å². The lowest BCUT2D eigenvalue weighted by atomic mass is 9.90. The number of ether oxygens (including phenoxy) is 1. The van der Waals surface area contributed by atoms with E-state index >= 15 is 0 Å². The summed E-state index contributed by atoms with van der Waals surface area (Å²) >= 11 is 5.98. The van der Waals surface area contributed by atoms with Crippen LogP contribution in [0.15, 0.2) is 65.7 Å². The fourth-order valence-corrected chi connectivity index (χ4v) is 3.50. The molecule has 4 N–H and O–H groups in total. The van der Waals surface area contributed by atoms with E-state index in [0.29, 0.717) is 12.1 Å². The number of halogens is 2. The SMILES string of the molecule is COc1cccc(CNc2ccc3c(c2)C(N)(c2ccc(F)c(Cl)c2)N=CN3)c1. The molecule has 3 aromatic rings. The molecule has 1 unspecified atom stereocenters. The quantitative estimate of drug-likeness (QED) is 0.569. The van der Waals surface area contributed by atoms with Crippen molar-refractivity contribution in [2.75, 3.05) is 17.7 Å². The predicted molar refractivity (Wildman–Crippen MR) is 115 cm³/mol. The molecule has 0 saturated heterocycles. The van der Waals surface area contributed by atoms with Crippen LogP contribution >= 0.6 is 11.6 Å². The van der Waals surface area contributed by atoms with Crippen molar-refractivity contribution in [3.63, 3.8) is 0 Å². The Hall–Kier alpha value is -3.09. The largest absolute Gasteiger partial charge is 0.497 e. The molecule has 4 rings (SSSR count). The van der Waals surface area contributed by atoms with Crippen molar-refractivity contribution in [3.8, 4) is 5.75 Å². The highest BCUT2D eigenvalue weighted by atomic mass is 35.5. The molecule has 1 atom stereocenters. The Balaban J connectivity index is 1.64. The Morgan fingerprint density at radius 1 is 1.17 bits per heavy atom. The van der Waals surface area contributed by atoms with Gasteiger partial charge in [0.25, 0.3) is 0 Å². The van der Waals surface area contributed by atoms with Crippen LogP contribution in [0.25, 0.3) is 0 Å². The van der Waals surface area contributed by atoms with Gasteiger partial charge in [0.1, 0.15) is 11.6 Å². The van der Waals surface area contributed by atoms with Crippen molar-refractivity contribution in [1.82, 2.24) is 0 Å². The molecule has 0 radical (unpaired) electrons. The van der Waals surface area contributed by atoms with Crippen molar-refractivity contribution in [2.45, 2.75) is 12.2 Å². The summed E-state index contributed by atoms with van der Waals surface area (Å²) < 4.78 is 18.9. The summed E-state index contributed by atoms with van der Waals surface area (Å²) in [7, 11) is 1.64. The molecule has 0 spiro atoms. The van der Waals surface area contributed by atoms with Gasteiger partial charge in [-0.1, -0.05) is 29.8 Å². The summed E-state index contributed by atoms with van der Waals surface area (Å²) in [5.74, 6) is 0.313. The van der Waals surface area contributed by atoms with Crippen molar-refractivity contribution in [2.24, 2.45) is 10.7 Å². The van der Waals surface area contributed by atoms with Crippen molar-refractivity contribution < 1.29 is 9.13 Å². The summed E-state index contributed by atoms with van der Waals surface area (Å²) in [5.41, 5.74) is 9.65.